The molecule has 110 valence electrons. The quantitative estimate of drug-likeness (QED) is 0.685. The third kappa shape index (κ3) is 3.00. The lowest BCUT2D eigenvalue weighted by Gasteiger charge is -2.26. The highest BCUT2D eigenvalue weighted by molar-refractivity contribution is 5.81. The fraction of sp³-hybridized carbons (Fsp3) is 0.500. The van der Waals surface area contributed by atoms with Crippen molar-refractivity contribution in [2.75, 3.05) is 25.0 Å². The average Bonchev–Trinajstić information content (AvgIpc) is 2.46. The molecule has 0 radical (unpaired) electrons. The van der Waals surface area contributed by atoms with Crippen LogP contribution in [0.2, 0.25) is 0 Å². The van der Waals surface area contributed by atoms with Crippen LogP contribution in [0.5, 0.6) is 0 Å². The highest BCUT2D eigenvalue weighted by Crippen LogP contribution is 2.21. The van der Waals surface area contributed by atoms with E-state index in [1.165, 1.54) is 0 Å². The molecule has 1 aliphatic heterocycles. The van der Waals surface area contributed by atoms with Crippen molar-refractivity contribution in [3.05, 3.63) is 23.5 Å². The first-order chi connectivity index (χ1) is 9.50. The van der Waals surface area contributed by atoms with Gasteiger partial charge in [0.15, 0.2) is 0 Å². The van der Waals surface area contributed by atoms with Crippen LogP contribution in [0.25, 0.3) is 0 Å². The van der Waals surface area contributed by atoms with E-state index in [0.29, 0.717) is 13.1 Å². The average molecular weight is 291 g/mol. The Balaban J connectivity index is 2.05. The van der Waals surface area contributed by atoms with Crippen molar-refractivity contribution in [1.82, 2.24) is 9.88 Å². The predicted molar refractivity (Wildman–Crippen MR) is 63.0 cm³/mol. The van der Waals surface area contributed by atoms with Gasteiger partial charge in [-0.25, -0.2) is 0 Å². The summed E-state index contributed by atoms with van der Waals surface area (Å²) in [5, 5.41) is 2.10. The Morgan fingerprint density at radius 2 is 1.60 bits per heavy atom. The van der Waals surface area contributed by atoms with Gasteiger partial charge in [-0.3, -0.25) is 4.79 Å². The van der Waals surface area contributed by atoms with Crippen LogP contribution in [-0.2, 0) is 4.79 Å². The molecule has 20 heavy (non-hydrogen) atoms. The number of hydrogen-bond donors (Lipinski definition) is 1. The van der Waals surface area contributed by atoms with Gasteiger partial charge in [-0.05, 0) is 19.3 Å². The first-order valence-electron chi connectivity index (χ1n) is 6.22. The molecule has 1 aliphatic rings. The molecule has 0 saturated carbocycles. The van der Waals surface area contributed by atoms with Crippen molar-refractivity contribution >= 4 is 11.6 Å². The number of hydrogen-bond acceptors (Lipinski definition) is 3. The Morgan fingerprint density at radius 3 is 2.15 bits per heavy atom. The van der Waals surface area contributed by atoms with E-state index < -0.39 is 35.8 Å². The smallest absolute Gasteiger partial charge is 0.253 e. The van der Waals surface area contributed by atoms with E-state index in [1.807, 2.05) is 0 Å². The van der Waals surface area contributed by atoms with Crippen LogP contribution in [0, 0.1) is 23.5 Å². The summed E-state index contributed by atoms with van der Waals surface area (Å²) in [7, 11) is 0. The number of pyridine rings is 1. The van der Waals surface area contributed by atoms with Gasteiger partial charge in [0.2, 0.25) is 17.5 Å². The molecule has 0 aromatic carbocycles. The van der Waals surface area contributed by atoms with Crippen molar-refractivity contribution in [1.29, 1.82) is 0 Å². The number of carbonyl (C=O) groups excluding carboxylic acids is 1. The van der Waals surface area contributed by atoms with Crippen LogP contribution in [-0.4, -0.2) is 35.4 Å². The van der Waals surface area contributed by atoms with Gasteiger partial charge in [-0.15, -0.1) is 0 Å². The van der Waals surface area contributed by atoms with Crippen LogP contribution in [0.1, 0.15) is 19.3 Å². The maximum Gasteiger partial charge on any atom is 0.253 e. The van der Waals surface area contributed by atoms with Crippen LogP contribution >= 0.6 is 0 Å². The fourth-order valence-electron chi connectivity index (χ4n) is 2.06. The third-order valence-corrected chi connectivity index (χ3v) is 3.12. The third-order valence-electron chi connectivity index (χ3n) is 3.12. The largest absolute Gasteiger partial charge is 0.371 e. The molecule has 2 heterocycles. The second kappa shape index (κ2) is 6.06. The lowest BCUT2D eigenvalue weighted by molar-refractivity contribution is -0.130. The molecule has 1 amide bonds. The lowest BCUT2D eigenvalue weighted by atomic mass is 10.1. The summed E-state index contributed by atoms with van der Waals surface area (Å²) in [5.74, 6) is -7.17. The monoisotopic (exact) mass is 291 g/mol. The first kappa shape index (κ1) is 14.5. The molecule has 4 nitrogen and oxygen atoms in total. The van der Waals surface area contributed by atoms with Gasteiger partial charge in [-0.1, -0.05) is 0 Å². The van der Waals surface area contributed by atoms with Gasteiger partial charge < -0.3 is 10.2 Å². The van der Waals surface area contributed by atoms with Crippen molar-refractivity contribution < 1.29 is 22.4 Å². The number of amides is 1. The summed E-state index contributed by atoms with van der Waals surface area (Å²) in [4.78, 5) is 15.8. The Kier molecular flexibility index (Phi) is 4.41. The zero-order valence-electron chi connectivity index (χ0n) is 10.6. The van der Waals surface area contributed by atoms with Crippen molar-refractivity contribution in [2.24, 2.45) is 0 Å². The minimum absolute atomic E-state index is 0.374. The number of piperidine rings is 1. The molecular weight excluding hydrogens is 278 g/mol. The second-order valence-corrected chi connectivity index (χ2v) is 4.49. The molecule has 0 bridgehead atoms. The molecule has 2 rings (SSSR count). The summed E-state index contributed by atoms with van der Waals surface area (Å²) in [5.41, 5.74) is -1.01. The molecule has 1 aromatic rings. The Labute approximate surface area is 112 Å². The summed E-state index contributed by atoms with van der Waals surface area (Å²) < 4.78 is 52.3. The maximum atomic E-state index is 13.3. The predicted octanol–water partition coefficient (Wildman–Crippen LogP) is 2.06. The van der Waals surface area contributed by atoms with Gasteiger partial charge in [0.1, 0.15) is 5.69 Å². The Bertz CT molecular complexity index is 492. The minimum atomic E-state index is -1.75. The Hall–Kier alpha value is -1.86. The lowest BCUT2D eigenvalue weighted by Crippen LogP contribution is -2.39. The van der Waals surface area contributed by atoms with Gasteiger partial charge in [0.05, 0.1) is 6.54 Å². The summed E-state index contributed by atoms with van der Waals surface area (Å²) >= 11 is 0. The van der Waals surface area contributed by atoms with Gasteiger partial charge in [0, 0.05) is 13.1 Å². The molecule has 1 N–H and O–H groups in total. The number of halogens is 4. The van der Waals surface area contributed by atoms with Crippen LogP contribution in [0.15, 0.2) is 0 Å². The number of anilines is 1. The molecule has 0 spiro atoms. The number of rotatable bonds is 3. The normalized spacial score (nSPS) is 15.3. The van der Waals surface area contributed by atoms with Crippen molar-refractivity contribution in [3.63, 3.8) is 0 Å². The highest BCUT2D eigenvalue weighted by atomic mass is 19.2. The zero-order chi connectivity index (χ0) is 14.7. The van der Waals surface area contributed by atoms with Crippen LogP contribution in [0.3, 0.4) is 0 Å². The van der Waals surface area contributed by atoms with E-state index in [0.717, 1.165) is 19.3 Å². The van der Waals surface area contributed by atoms with E-state index in [2.05, 4.69) is 10.3 Å². The fourth-order valence-corrected chi connectivity index (χ4v) is 2.06. The van der Waals surface area contributed by atoms with Gasteiger partial charge in [0.25, 0.3) is 11.9 Å². The number of likely N-dealkylation sites (tertiary alicyclic amines) is 1. The number of nitrogens with zero attached hydrogens (tertiary/aromatic N) is 2. The molecule has 0 atom stereocenters. The molecule has 1 fully saturated rings. The van der Waals surface area contributed by atoms with E-state index in [-0.39, 0.29) is 5.91 Å². The molecule has 8 heteroatoms. The summed E-state index contributed by atoms with van der Waals surface area (Å²) in [6.07, 6.45) is 2.77. The summed E-state index contributed by atoms with van der Waals surface area (Å²) in [6.45, 7) is 0.714. The minimum Gasteiger partial charge on any atom is -0.371 e. The standard InChI is InChI=1S/C12H13F4N3O/c13-8-10(9(14)12(16)18-11(8)15)17-6-7(20)19-4-2-1-3-5-19/h1-6H2,(H,17,18). The number of carbonyl (C=O) groups is 1. The van der Waals surface area contributed by atoms with E-state index in [4.69, 9.17) is 0 Å². The van der Waals surface area contributed by atoms with Crippen LogP contribution < -0.4 is 5.32 Å². The molecule has 0 aliphatic carbocycles. The number of aromatic nitrogens is 1. The zero-order valence-corrected chi connectivity index (χ0v) is 10.6. The summed E-state index contributed by atoms with van der Waals surface area (Å²) in [6, 6.07) is 0. The van der Waals surface area contributed by atoms with E-state index in [1.54, 1.807) is 4.90 Å². The van der Waals surface area contributed by atoms with Gasteiger partial charge in [-0.2, -0.15) is 22.5 Å². The van der Waals surface area contributed by atoms with Gasteiger partial charge >= 0.3 is 0 Å². The molecule has 0 unspecified atom stereocenters. The van der Waals surface area contributed by atoms with E-state index in [9.17, 15) is 22.4 Å². The van der Waals surface area contributed by atoms with Crippen molar-refractivity contribution in [3.8, 4) is 0 Å². The number of nitrogens with one attached hydrogen (secondary N) is 1. The molecule has 1 aromatic heterocycles. The topological polar surface area (TPSA) is 45.2 Å². The van der Waals surface area contributed by atoms with E-state index >= 15 is 0 Å². The second-order valence-electron chi connectivity index (χ2n) is 4.49. The van der Waals surface area contributed by atoms with Crippen molar-refractivity contribution in [2.45, 2.75) is 19.3 Å². The molecule has 1 saturated heterocycles. The SMILES string of the molecule is O=C(CNc1c(F)c(F)nc(F)c1F)N1CCCCC1. The molecular formula is C12H13F4N3O. The maximum absolute atomic E-state index is 13.3. The first-order valence-corrected chi connectivity index (χ1v) is 6.22. The van der Waals surface area contributed by atoms with Crippen LogP contribution in [0.4, 0.5) is 23.2 Å². The Morgan fingerprint density at radius 1 is 1.05 bits per heavy atom. The highest BCUT2D eigenvalue weighted by Gasteiger charge is 2.22.